The highest BCUT2D eigenvalue weighted by molar-refractivity contribution is 6.32. The summed E-state index contributed by atoms with van der Waals surface area (Å²) in [5.41, 5.74) is 6.12. The van der Waals surface area contributed by atoms with Gasteiger partial charge in [-0.05, 0) is 38.5 Å². The third-order valence-corrected chi connectivity index (χ3v) is 2.78. The van der Waals surface area contributed by atoms with Gasteiger partial charge < -0.3 is 10.5 Å². The maximum absolute atomic E-state index is 11.9. The summed E-state index contributed by atoms with van der Waals surface area (Å²) in [6.07, 6.45) is 1.07. The maximum atomic E-state index is 11.9. The zero-order valence-electron chi connectivity index (χ0n) is 10.4. The van der Waals surface area contributed by atoms with Crippen LogP contribution in [0.5, 0.6) is 5.75 Å². The number of methoxy groups -OCH3 is 1. The van der Waals surface area contributed by atoms with Gasteiger partial charge in [-0.2, -0.15) is 0 Å². The van der Waals surface area contributed by atoms with Gasteiger partial charge in [0, 0.05) is 17.5 Å². The predicted octanol–water partition coefficient (Wildman–Crippen LogP) is 3.05. The molecular formula is C13H18ClNO2. The van der Waals surface area contributed by atoms with Gasteiger partial charge in [-0.15, -0.1) is 0 Å². The molecular weight excluding hydrogens is 238 g/mol. The largest absolute Gasteiger partial charge is 0.495 e. The maximum Gasteiger partial charge on any atom is 0.163 e. The van der Waals surface area contributed by atoms with Crippen LogP contribution in [0.4, 0.5) is 0 Å². The molecule has 0 heterocycles. The summed E-state index contributed by atoms with van der Waals surface area (Å²) in [4.78, 5) is 11.9. The van der Waals surface area contributed by atoms with Crippen LogP contribution in [0.1, 0.15) is 37.0 Å². The average Bonchev–Trinajstić information content (AvgIpc) is 2.25. The van der Waals surface area contributed by atoms with E-state index >= 15 is 0 Å². The Kier molecular flexibility index (Phi) is 4.54. The molecule has 0 amide bonds. The van der Waals surface area contributed by atoms with E-state index in [1.807, 2.05) is 13.8 Å². The zero-order chi connectivity index (χ0) is 13.1. The average molecular weight is 256 g/mol. The molecule has 0 aliphatic heterocycles. The minimum Gasteiger partial charge on any atom is -0.495 e. The van der Waals surface area contributed by atoms with E-state index in [-0.39, 0.29) is 11.3 Å². The lowest BCUT2D eigenvalue weighted by atomic mass is 9.96. The van der Waals surface area contributed by atoms with E-state index < -0.39 is 0 Å². The van der Waals surface area contributed by atoms with Gasteiger partial charge >= 0.3 is 0 Å². The summed E-state index contributed by atoms with van der Waals surface area (Å²) in [6, 6.07) is 5.03. The highest BCUT2D eigenvalue weighted by Gasteiger charge is 2.15. The molecule has 3 nitrogen and oxygen atoms in total. The lowest BCUT2D eigenvalue weighted by Crippen LogP contribution is -2.32. The second kappa shape index (κ2) is 5.52. The van der Waals surface area contributed by atoms with Crippen molar-refractivity contribution in [3.8, 4) is 5.75 Å². The first kappa shape index (κ1) is 14.0. The number of rotatable bonds is 5. The van der Waals surface area contributed by atoms with E-state index in [9.17, 15) is 4.79 Å². The second-order valence-corrected chi connectivity index (χ2v) is 5.17. The zero-order valence-corrected chi connectivity index (χ0v) is 11.2. The van der Waals surface area contributed by atoms with Crippen molar-refractivity contribution in [2.24, 2.45) is 5.73 Å². The Bertz CT molecular complexity index is 410. The van der Waals surface area contributed by atoms with Crippen LogP contribution in [0.3, 0.4) is 0 Å². The molecule has 0 saturated carbocycles. The number of benzene rings is 1. The van der Waals surface area contributed by atoms with Gasteiger partial charge in [0.05, 0.1) is 12.1 Å². The van der Waals surface area contributed by atoms with Crippen LogP contribution < -0.4 is 10.5 Å². The minimum atomic E-state index is -0.327. The number of Topliss-reactive ketones (excluding diaryl/α,β-unsaturated/α-hetero) is 1. The fourth-order valence-corrected chi connectivity index (χ4v) is 1.61. The molecule has 4 heteroatoms. The molecule has 0 spiro atoms. The molecule has 0 aliphatic carbocycles. The number of ketones is 1. The van der Waals surface area contributed by atoms with E-state index in [2.05, 4.69) is 0 Å². The monoisotopic (exact) mass is 255 g/mol. The number of carbonyl (C=O) groups excluding carboxylic acids is 1. The summed E-state index contributed by atoms with van der Waals surface area (Å²) in [5, 5.41) is 0.503. The van der Waals surface area contributed by atoms with Crippen LogP contribution in [0.2, 0.25) is 5.02 Å². The van der Waals surface area contributed by atoms with Gasteiger partial charge in [-0.25, -0.2) is 0 Å². The van der Waals surface area contributed by atoms with Crippen molar-refractivity contribution >= 4 is 17.4 Å². The van der Waals surface area contributed by atoms with E-state index in [1.54, 1.807) is 18.2 Å². The normalized spacial score (nSPS) is 11.4. The summed E-state index contributed by atoms with van der Waals surface area (Å²) in [5.74, 6) is 0.572. The van der Waals surface area contributed by atoms with Crippen LogP contribution in [0.15, 0.2) is 18.2 Å². The number of hydrogen-bond acceptors (Lipinski definition) is 3. The van der Waals surface area contributed by atoms with Crippen LogP contribution in [-0.4, -0.2) is 18.4 Å². The van der Waals surface area contributed by atoms with Crippen molar-refractivity contribution in [1.82, 2.24) is 0 Å². The molecule has 0 aliphatic rings. The molecule has 94 valence electrons. The summed E-state index contributed by atoms with van der Waals surface area (Å²) in [6.45, 7) is 3.81. The topological polar surface area (TPSA) is 52.3 Å². The second-order valence-electron chi connectivity index (χ2n) is 4.76. The van der Waals surface area contributed by atoms with Gasteiger partial charge in [0.1, 0.15) is 5.75 Å². The molecule has 0 atom stereocenters. The van der Waals surface area contributed by atoms with Crippen molar-refractivity contribution in [2.75, 3.05) is 7.11 Å². The van der Waals surface area contributed by atoms with Crippen molar-refractivity contribution < 1.29 is 9.53 Å². The van der Waals surface area contributed by atoms with Crippen molar-refractivity contribution in [3.05, 3.63) is 28.8 Å². The van der Waals surface area contributed by atoms with E-state index in [0.717, 1.165) is 0 Å². The predicted molar refractivity (Wildman–Crippen MR) is 69.8 cm³/mol. The first-order valence-electron chi connectivity index (χ1n) is 5.49. The SMILES string of the molecule is COc1cc(C(=O)CCC(C)(C)N)ccc1Cl. The number of hydrogen-bond donors (Lipinski definition) is 1. The first-order chi connectivity index (χ1) is 7.83. The lowest BCUT2D eigenvalue weighted by molar-refractivity contribution is 0.0972. The van der Waals surface area contributed by atoms with Crippen LogP contribution in [-0.2, 0) is 0 Å². The Morgan fingerprint density at radius 3 is 2.65 bits per heavy atom. The smallest absolute Gasteiger partial charge is 0.163 e. The standard InChI is InChI=1S/C13H18ClNO2/c1-13(2,15)7-6-11(16)9-4-5-10(14)12(8-9)17-3/h4-5,8H,6-7,15H2,1-3H3. The summed E-state index contributed by atoms with van der Waals surface area (Å²) in [7, 11) is 1.53. The fraction of sp³-hybridized carbons (Fsp3) is 0.462. The third kappa shape index (κ3) is 4.36. The highest BCUT2D eigenvalue weighted by atomic mass is 35.5. The molecule has 0 fully saturated rings. The Morgan fingerprint density at radius 2 is 2.12 bits per heavy atom. The van der Waals surface area contributed by atoms with E-state index in [1.165, 1.54) is 7.11 Å². The lowest BCUT2D eigenvalue weighted by Gasteiger charge is -2.17. The van der Waals surface area contributed by atoms with Gasteiger partial charge in [-0.1, -0.05) is 11.6 Å². The Balaban J connectivity index is 2.76. The molecule has 0 bridgehead atoms. The molecule has 1 aromatic rings. The Hall–Kier alpha value is -1.06. The number of ether oxygens (including phenoxy) is 1. The van der Waals surface area contributed by atoms with Gasteiger partial charge in [0.25, 0.3) is 0 Å². The molecule has 0 unspecified atom stereocenters. The van der Waals surface area contributed by atoms with E-state index in [0.29, 0.717) is 29.2 Å². The number of halogens is 1. The number of carbonyl (C=O) groups is 1. The minimum absolute atomic E-state index is 0.0542. The fourth-order valence-electron chi connectivity index (χ4n) is 1.41. The summed E-state index contributed by atoms with van der Waals surface area (Å²) < 4.78 is 5.07. The van der Waals surface area contributed by atoms with Crippen LogP contribution >= 0.6 is 11.6 Å². The Morgan fingerprint density at radius 1 is 1.47 bits per heavy atom. The van der Waals surface area contributed by atoms with Crippen molar-refractivity contribution in [2.45, 2.75) is 32.2 Å². The van der Waals surface area contributed by atoms with Crippen LogP contribution in [0.25, 0.3) is 0 Å². The molecule has 1 rings (SSSR count). The van der Waals surface area contributed by atoms with E-state index in [4.69, 9.17) is 22.1 Å². The molecule has 0 saturated heterocycles. The molecule has 2 N–H and O–H groups in total. The van der Waals surface area contributed by atoms with Gasteiger partial charge in [0.15, 0.2) is 5.78 Å². The first-order valence-corrected chi connectivity index (χ1v) is 5.87. The molecule has 17 heavy (non-hydrogen) atoms. The van der Waals surface area contributed by atoms with Gasteiger partial charge in [-0.3, -0.25) is 4.79 Å². The molecule has 0 aromatic heterocycles. The van der Waals surface area contributed by atoms with Crippen molar-refractivity contribution in [3.63, 3.8) is 0 Å². The number of nitrogens with two attached hydrogens (primary N) is 1. The summed E-state index contributed by atoms with van der Waals surface area (Å²) >= 11 is 5.89. The third-order valence-electron chi connectivity index (χ3n) is 2.47. The van der Waals surface area contributed by atoms with Gasteiger partial charge in [0.2, 0.25) is 0 Å². The molecule has 0 radical (unpaired) electrons. The van der Waals surface area contributed by atoms with Crippen molar-refractivity contribution in [1.29, 1.82) is 0 Å². The molecule has 1 aromatic carbocycles. The quantitative estimate of drug-likeness (QED) is 0.823. The highest BCUT2D eigenvalue weighted by Crippen LogP contribution is 2.26. The Labute approximate surface area is 107 Å². The van der Waals surface area contributed by atoms with Crippen LogP contribution in [0, 0.1) is 0 Å².